The molecule has 4 aliphatic heterocycles. The fourth-order valence-corrected chi connectivity index (χ4v) is 6.08. The van der Waals surface area contributed by atoms with Crippen LogP contribution in [0.2, 0.25) is 0 Å². The van der Waals surface area contributed by atoms with E-state index in [0.29, 0.717) is 0 Å². The highest BCUT2D eigenvalue weighted by molar-refractivity contribution is 7.97. The van der Waals surface area contributed by atoms with E-state index in [2.05, 4.69) is 56.5 Å². The zero-order valence-corrected chi connectivity index (χ0v) is 16.4. The molecule has 2 nitrogen and oxygen atoms in total. The van der Waals surface area contributed by atoms with E-state index >= 15 is 0 Å². The zero-order valence-electron chi connectivity index (χ0n) is 14.8. The number of benzene rings is 2. The third kappa shape index (κ3) is 3.40. The van der Waals surface area contributed by atoms with E-state index in [9.17, 15) is 4.91 Å². The van der Waals surface area contributed by atoms with Crippen LogP contribution >= 0.6 is 11.8 Å². The molecule has 0 radical (unpaired) electrons. The molecule has 0 amide bonds. The highest BCUT2D eigenvalue weighted by atomic mass is 32.2. The van der Waals surface area contributed by atoms with Crippen LogP contribution in [0.4, 0.5) is 0 Å². The molecule has 0 N–H and O–H groups in total. The smallest absolute Gasteiger partial charge is 0.152 e. The van der Waals surface area contributed by atoms with Gasteiger partial charge in [0.05, 0.1) is 0 Å². The molecule has 0 saturated carbocycles. The Morgan fingerprint density at radius 2 is 1.33 bits per heavy atom. The summed E-state index contributed by atoms with van der Waals surface area (Å²) in [6.07, 6.45) is 0. The lowest BCUT2D eigenvalue weighted by molar-refractivity contribution is 1.10. The standard InChI is InChI=1S/C20H24NOS2/c1-13-15(3)20-12-24(21-22)11-18-7-5-17(6-8-18)9-23-10-19(13)14(2)16(20)4/h5-8H,9-12H2,1-4H3/q+1. The number of thioether (sulfide) groups is 1. The minimum absolute atomic E-state index is 0.503. The summed E-state index contributed by atoms with van der Waals surface area (Å²) in [5.41, 5.74) is 10.8. The predicted octanol–water partition coefficient (Wildman–Crippen LogP) is 5.67. The maximum atomic E-state index is 11.5. The quantitative estimate of drug-likeness (QED) is 0.486. The summed E-state index contributed by atoms with van der Waals surface area (Å²) < 4.78 is 3.47. The minimum atomic E-state index is -0.503. The van der Waals surface area contributed by atoms with Crippen molar-refractivity contribution in [2.75, 3.05) is 0 Å². The molecule has 2 aromatic rings. The lowest BCUT2D eigenvalue weighted by Gasteiger charge is -2.20. The van der Waals surface area contributed by atoms with Gasteiger partial charge in [-0.05, 0) is 61.1 Å². The normalized spacial score (nSPS) is 17.8. The average Bonchev–Trinajstić information content (AvgIpc) is 2.59. The summed E-state index contributed by atoms with van der Waals surface area (Å²) in [4.78, 5) is 11.5. The molecular weight excluding hydrogens is 334 g/mol. The van der Waals surface area contributed by atoms with Gasteiger partial charge in [0, 0.05) is 22.6 Å². The summed E-state index contributed by atoms with van der Waals surface area (Å²) >= 11 is 1.48. The fraction of sp³-hybridized carbons (Fsp3) is 0.400. The maximum absolute atomic E-state index is 11.5. The number of rotatable bonds is 1. The van der Waals surface area contributed by atoms with Gasteiger partial charge < -0.3 is 0 Å². The third-order valence-electron chi connectivity index (χ3n) is 5.22. The number of hydrogen-bond donors (Lipinski definition) is 0. The van der Waals surface area contributed by atoms with Crippen molar-refractivity contribution >= 4 is 22.8 Å². The molecule has 126 valence electrons. The third-order valence-corrected chi connectivity index (χ3v) is 7.75. The molecule has 1 unspecified atom stereocenters. The van der Waals surface area contributed by atoms with Gasteiger partial charge >= 0.3 is 0 Å². The van der Waals surface area contributed by atoms with Gasteiger partial charge in [-0.25, -0.2) is 0 Å². The monoisotopic (exact) mass is 358 g/mol. The van der Waals surface area contributed by atoms with E-state index in [0.717, 1.165) is 23.0 Å². The average molecular weight is 359 g/mol. The van der Waals surface area contributed by atoms with Crippen molar-refractivity contribution in [3.05, 3.63) is 73.7 Å². The van der Waals surface area contributed by atoms with Crippen molar-refractivity contribution < 1.29 is 0 Å². The molecule has 0 fully saturated rings. The molecule has 1 atom stereocenters. The van der Waals surface area contributed by atoms with E-state index in [1.54, 1.807) is 0 Å². The first kappa shape index (κ1) is 17.6. The highest BCUT2D eigenvalue weighted by Crippen LogP contribution is 2.33. The first-order chi connectivity index (χ1) is 11.5. The molecule has 0 spiro atoms. The summed E-state index contributed by atoms with van der Waals surface area (Å²) in [6.45, 7) is 8.87. The first-order valence-electron chi connectivity index (χ1n) is 8.26. The molecule has 4 heterocycles. The minimum Gasteiger partial charge on any atom is -0.152 e. The summed E-state index contributed by atoms with van der Waals surface area (Å²) in [6, 6.07) is 8.70. The number of nitrogens with zero attached hydrogens (tertiary/aromatic N) is 1. The summed E-state index contributed by atoms with van der Waals surface area (Å²) in [5, 5.41) is 0. The van der Waals surface area contributed by atoms with Gasteiger partial charge in [0.25, 0.3) is 0 Å². The van der Waals surface area contributed by atoms with Crippen molar-refractivity contribution in [1.29, 1.82) is 0 Å². The predicted molar refractivity (Wildman–Crippen MR) is 107 cm³/mol. The van der Waals surface area contributed by atoms with Crippen LogP contribution in [0.5, 0.6) is 0 Å². The molecule has 6 rings (SSSR count). The lowest BCUT2D eigenvalue weighted by atomic mass is 9.90. The number of hydrogen-bond acceptors (Lipinski definition) is 3. The molecule has 0 aliphatic carbocycles. The van der Waals surface area contributed by atoms with Crippen LogP contribution < -0.4 is 0 Å². The summed E-state index contributed by atoms with van der Waals surface area (Å²) in [5.74, 6) is 3.57. The lowest BCUT2D eigenvalue weighted by Crippen LogP contribution is -2.11. The maximum Gasteiger partial charge on any atom is 0.182 e. The second-order valence-electron chi connectivity index (χ2n) is 6.59. The fourth-order valence-electron chi connectivity index (χ4n) is 3.37. The van der Waals surface area contributed by atoms with Crippen LogP contribution in [0, 0.1) is 32.6 Å². The van der Waals surface area contributed by atoms with Crippen LogP contribution in [-0.4, -0.2) is 0 Å². The molecule has 4 bridgehead atoms. The molecule has 2 aromatic carbocycles. The molecule has 4 heteroatoms. The van der Waals surface area contributed by atoms with Crippen molar-refractivity contribution in [2.45, 2.75) is 50.7 Å². The van der Waals surface area contributed by atoms with Gasteiger partial charge in [-0.15, -0.1) is 0 Å². The van der Waals surface area contributed by atoms with Crippen molar-refractivity contribution in [1.82, 2.24) is 0 Å². The van der Waals surface area contributed by atoms with Crippen molar-refractivity contribution in [2.24, 2.45) is 4.58 Å². The highest BCUT2D eigenvalue weighted by Gasteiger charge is 2.26. The van der Waals surface area contributed by atoms with E-state index in [-0.39, 0.29) is 0 Å². The van der Waals surface area contributed by atoms with Crippen molar-refractivity contribution in [3.63, 3.8) is 0 Å². The molecule has 0 saturated heterocycles. The molecule has 4 aliphatic rings. The Balaban J connectivity index is 2.10. The van der Waals surface area contributed by atoms with Crippen molar-refractivity contribution in [3.8, 4) is 0 Å². The van der Waals surface area contributed by atoms with Crippen LogP contribution in [0.15, 0.2) is 28.8 Å². The Hall–Kier alpha value is -1.26. The molecular formula is C20H24NOS2+. The van der Waals surface area contributed by atoms with E-state index < -0.39 is 11.1 Å². The SMILES string of the molecule is Cc1c(C)c2c(C)c(C)c1CSCc1ccc(cc1)C[S+](N=O)C2. The second-order valence-corrected chi connectivity index (χ2v) is 9.23. The van der Waals surface area contributed by atoms with Gasteiger partial charge in [-0.2, -0.15) is 11.8 Å². The Kier molecular flexibility index (Phi) is 5.36. The second kappa shape index (κ2) is 7.32. The zero-order chi connectivity index (χ0) is 17.3. The number of nitroso groups, excluding NO2 is 1. The van der Waals surface area contributed by atoms with Crippen LogP contribution in [0.1, 0.15) is 44.5 Å². The Bertz CT molecular complexity index is 739. The van der Waals surface area contributed by atoms with Gasteiger partial charge in [0.1, 0.15) is 0 Å². The van der Waals surface area contributed by atoms with E-state index in [4.69, 9.17) is 0 Å². The molecule has 24 heavy (non-hydrogen) atoms. The Labute approximate surface area is 151 Å². The van der Waals surface area contributed by atoms with E-state index in [1.165, 1.54) is 44.5 Å². The van der Waals surface area contributed by atoms with Crippen LogP contribution in [-0.2, 0) is 34.1 Å². The first-order valence-corrected chi connectivity index (χ1v) is 10.9. The summed E-state index contributed by atoms with van der Waals surface area (Å²) in [7, 11) is 0. The van der Waals surface area contributed by atoms with Gasteiger partial charge in [-0.3, -0.25) is 0 Å². The van der Waals surface area contributed by atoms with Crippen LogP contribution in [0.25, 0.3) is 0 Å². The van der Waals surface area contributed by atoms with E-state index in [1.807, 2.05) is 11.8 Å². The topological polar surface area (TPSA) is 29.4 Å². The largest absolute Gasteiger partial charge is 0.182 e. The van der Waals surface area contributed by atoms with Gasteiger partial charge in [-0.1, -0.05) is 29.2 Å². The van der Waals surface area contributed by atoms with Gasteiger partial charge in [0.15, 0.2) is 27.2 Å². The Morgan fingerprint density at radius 3 is 1.92 bits per heavy atom. The van der Waals surface area contributed by atoms with Crippen LogP contribution in [0.3, 0.4) is 0 Å². The van der Waals surface area contributed by atoms with Gasteiger partial charge in [0.2, 0.25) is 0 Å². The molecule has 0 aromatic heterocycles. The Morgan fingerprint density at radius 1 is 0.792 bits per heavy atom.